The molecule has 1 aliphatic rings. The van der Waals surface area contributed by atoms with Gasteiger partial charge in [0.1, 0.15) is 27.9 Å². The summed E-state index contributed by atoms with van der Waals surface area (Å²) in [6, 6.07) is 5.21. The van der Waals surface area contributed by atoms with Crippen molar-refractivity contribution in [1.82, 2.24) is 0 Å². The standard InChI is InChI=1S/C19H21NO6S/c1-5-15(21)20-18-16(19(23)26-6-2)17(22)14(27-18)9-11-7-8-12(24-3)10-13(11)25-4/h7-10,22H,5-6H2,1-4H3/b14-9-,20-18?. The largest absolute Gasteiger partial charge is 0.506 e. The van der Waals surface area contributed by atoms with E-state index in [2.05, 4.69) is 4.99 Å². The molecule has 1 aromatic carbocycles. The number of hydrogen-bond donors (Lipinski definition) is 1. The molecule has 0 saturated carbocycles. The first kappa shape index (κ1) is 20.6. The third kappa shape index (κ3) is 4.71. The first-order chi connectivity index (χ1) is 12.9. The zero-order valence-corrected chi connectivity index (χ0v) is 16.4. The molecule has 0 aliphatic carbocycles. The lowest BCUT2D eigenvalue weighted by molar-refractivity contribution is -0.138. The fourth-order valence-corrected chi connectivity index (χ4v) is 3.29. The minimum absolute atomic E-state index is 0.109. The molecule has 2 rings (SSSR count). The van der Waals surface area contributed by atoms with Crippen molar-refractivity contribution in [2.24, 2.45) is 4.99 Å². The number of methoxy groups -OCH3 is 2. The van der Waals surface area contributed by atoms with Crippen LogP contribution in [0, 0.1) is 0 Å². The van der Waals surface area contributed by atoms with E-state index in [-0.39, 0.29) is 29.4 Å². The molecule has 1 aromatic rings. The van der Waals surface area contributed by atoms with Crippen molar-refractivity contribution in [3.05, 3.63) is 40.0 Å². The highest BCUT2D eigenvalue weighted by molar-refractivity contribution is 8.18. The Morgan fingerprint density at radius 2 is 1.96 bits per heavy atom. The van der Waals surface area contributed by atoms with Gasteiger partial charge >= 0.3 is 5.97 Å². The van der Waals surface area contributed by atoms with E-state index >= 15 is 0 Å². The first-order valence-electron chi connectivity index (χ1n) is 8.29. The lowest BCUT2D eigenvalue weighted by Gasteiger charge is -2.08. The van der Waals surface area contributed by atoms with E-state index < -0.39 is 11.9 Å². The minimum atomic E-state index is -0.727. The molecule has 0 bridgehead atoms. The molecule has 8 heteroatoms. The number of ether oxygens (including phenoxy) is 3. The number of rotatable bonds is 6. The number of carbonyl (C=O) groups is 2. The molecule has 27 heavy (non-hydrogen) atoms. The van der Waals surface area contributed by atoms with Crippen molar-refractivity contribution in [1.29, 1.82) is 0 Å². The number of thioether (sulfide) groups is 1. The summed E-state index contributed by atoms with van der Waals surface area (Å²) in [5.41, 5.74) is 0.556. The molecule has 1 amide bonds. The third-order valence-corrected chi connectivity index (χ3v) is 4.65. The number of hydrogen-bond acceptors (Lipinski definition) is 7. The van der Waals surface area contributed by atoms with Crippen LogP contribution in [0.2, 0.25) is 0 Å². The van der Waals surface area contributed by atoms with E-state index in [1.807, 2.05) is 0 Å². The maximum absolute atomic E-state index is 12.2. The second kappa shape index (κ2) is 9.27. The Labute approximate surface area is 161 Å². The number of nitrogens with zero attached hydrogens (tertiary/aromatic N) is 1. The normalized spacial score (nSPS) is 16.7. The van der Waals surface area contributed by atoms with Crippen molar-refractivity contribution in [2.75, 3.05) is 20.8 Å². The molecule has 7 nitrogen and oxygen atoms in total. The van der Waals surface area contributed by atoms with Crippen molar-refractivity contribution in [2.45, 2.75) is 20.3 Å². The fourth-order valence-electron chi connectivity index (χ4n) is 2.26. The molecule has 0 aromatic heterocycles. The Hall–Kier alpha value is -2.74. The molecule has 144 valence electrons. The summed E-state index contributed by atoms with van der Waals surface area (Å²) in [6.45, 7) is 3.46. The first-order valence-corrected chi connectivity index (χ1v) is 9.10. The molecule has 1 N–H and O–H groups in total. The minimum Gasteiger partial charge on any atom is -0.506 e. The molecular formula is C19H21NO6S. The highest BCUT2D eigenvalue weighted by atomic mass is 32.2. The zero-order valence-electron chi connectivity index (χ0n) is 15.6. The van der Waals surface area contributed by atoms with Gasteiger partial charge in [0.05, 0.1) is 25.7 Å². The van der Waals surface area contributed by atoms with Crippen molar-refractivity contribution < 1.29 is 28.9 Å². The molecule has 0 spiro atoms. The van der Waals surface area contributed by atoms with Crippen LogP contribution >= 0.6 is 11.8 Å². The van der Waals surface area contributed by atoms with Crippen LogP contribution in [-0.4, -0.2) is 42.9 Å². The Balaban J connectivity index is 2.51. The van der Waals surface area contributed by atoms with Crippen LogP contribution in [0.5, 0.6) is 11.5 Å². The van der Waals surface area contributed by atoms with Gasteiger partial charge < -0.3 is 19.3 Å². The van der Waals surface area contributed by atoms with E-state index in [0.29, 0.717) is 22.0 Å². The molecule has 0 fully saturated rings. The topological polar surface area (TPSA) is 94.4 Å². The molecule has 1 aliphatic heterocycles. The Morgan fingerprint density at radius 3 is 2.56 bits per heavy atom. The second-order valence-electron chi connectivity index (χ2n) is 5.33. The lowest BCUT2D eigenvalue weighted by atomic mass is 10.1. The maximum atomic E-state index is 12.2. The summed E-state index contributed by atoms with van der Waals surface area (Å²) in [7, 11) is 3.07. The van der Waals surface area contributed by atoms with Crippen LogP contribution in [0.4, 0.5) is 0 Å². The lowest BCUT2D eigenvalue weighted by Crippen LogP contribution is -2.14. The average molecular weight is 391 g/mol. The Kier molecular flexibility index (Phi) is 7.06. The summed E-state index contributed by atoms with van der Waals surface area (Å²) in [5, 5.41) is 10.7. The van der Waals surface area contributed by atoms with E-state index in [0.717, 1.165) is 11.8 Å². The smallest absolute Gasteiger partial charge is 0.344 e. The Morgan fingerprint density at radius 1 is 1.22 bits per heavy atom. The number of benzene rings is 1. The van der Waals surface area contributed by atoms with Gasteiger partial charge in [-0.2, -0.15) is 0 Å². The van der Waals surface area contributed by atoms with Crippen LogP contribution in [0.3, 0.4) is 0 Å². The second-order valence-corrected chi connectivity index (χ2v) is 6.36. The predicted octanol–water partition coefficient (Wildman–Crippen LogP) is 3.50. The van der Waals surface area contributed by atoms with Gasteiger partial charge in [-0.15, -0.1) is 0 Å². The van der Waals surface area contributed by atoms with Crippen LogP contribution in [0.1, 0.15) is 25.8 Å². The van der Waals surface area contributed by atoms with E-state index in [9.17, 15) is 14.7 Å². The third-order valence-electron chi connectivity index (χ3n) is 3.63. The van der Waals surface area contributed by atoms with Gasteiger partial charge in [-0.05, 0) is 25.1 Å². The SMILES string of the molecule is CCOC(=O)C1=C(O)/C(=C/c2ccc(OC)cc2OC)SC1=NC(=O)CC. The predicted molar refractivity (Wildman–Crippen MR) is 104 cm³/mol. The van der Waals surface area contributed by atoms with Gasteiger partial charge in [0.2, 0.25) is 5.91 Å². The molecule has 0 atom stereocenters. The molecular weight excluding hydrogens is 370 g/mol. The van der Waals surface area contributed by atoms with Gasteiger partial charge in [-0.3, -0.25) is 4.79 Å². The molecule has 1 heterocycles. The summed E-state index contributed by atoms with van der Waals surface area (Å²) >= 11 is 1.03. The van der Waals surface area contributed by atoms with Gasteiger partial charge in [0.15, 0.2) is 0 Å². The number of amides is 1. The molecule has 0 unspecified atom stereocenters. The summed E-state index contributed by atoms with van der Waals surface area (Å²) in [4.78, 5) is 28.2. The number of aliphatic imine (C=N–C) groups is 1. The van der Waals surface area contributed by atoms with E-state index in [1.165, 1.54) is 7.11 Å². The molecule has 0 saturated heterocycles. The van der Waals surface area contributed by atoms with Crippen LogP contribution < -0.4 is 9.47 Å². The fraction of sp³-hybridized carbons (Fsp3) is 0.316. The number of aliphatic hydroxyl groups excluding tert-OH is 1. The van der Waals surface area contributed by atoms with Crippen molar-refractivity contribution >= 4 is 34.8 Å². The van der Waals surface area contributed by atoms with Crippen LogP contribution in [-0.2, 0) is 14.3 Å². The zero-order chi connectivity index (χ0) is 20.0. The number of aliphatic hydroxyl groups is 1. The van der Waals surface area contributed by atoms with Crippen molar-refractivity contribution in [3.8, 4) is 11.5 Å². The van der Waals surface area contributed by atoms with Gasteiger partial charge in [0.25, 0.3) is 0 Å². The summed E-state index contributed by atoms with van der Waals surface area (Å²) in [5.74, 6) is -0.247. The Bertz CT molecular complexity index is 841. The van der Waals surface area contributed by atoms with E-state index in [4.69, 9.17) is 14.2 Å². The summed E-state index contributed by atoms with van der Waals surface area (Å²) < 4.78 is 15.5. The van der Waals surface area contributed by atoms with E-state index in [1.54, 1.807) is 45.2 Å². The van der Waals surface area contributed by atoms with Gasteiger partial charge in [-0.1, -0.05) is 18.7 Å². The van der Waals surface area contributed by atoms with Crippen molar-refractivity contribution in [3.63, 3.8) is 0 Å². The van der Waals surface area contributed by atoms with Crippen LogP contribution in [0.15, 0.2) is 39.4 Å². The average Bonchev–Trinajstić information content (AvgIpc) is 2.97. The number of carbonyl (C=O) groups excluding carboxylic acids is 2. The quantitative estimate of drug-likeness (QED) is 0.742. The highest BCUT2D eigenvalue weighted by Crippen LogP contribution is 2.40. The summed E-state index contributed by atoms with van der Waals surface area (Å²) in [6.07, 6.45) is 1.84. The maximum Gasteiger partial charge on any atom is 0.344 e. The van der Waals surface area contributed by atoms with Gasteiger partial charge in [-0.25, -0.2) is 9.79 Å². The molecule has 0 radical (unpaired) electrons. The van der Waals surface area contributed by atoms with Gasteiger partial charge in [0, 0.05) is 18.1 Å². The number of esters is 1. The monoisotopic (exact) mass is 391 g/mol. The van der Waals surface area contributed by atoms with Crippen LogP contribution in [0.25, 0.3) is 6.08 Å². The highest BCUT2D eigenvalue weighted by Gasteiger charge is 2.33.